The fraction of sp³-hybridized carbons (Fsp3) is 0.519. The summed E-state index contributed by atoms with van der Waals surface area (Å²) < 4.78 is 0. The molecule has 2 aliphatic rings. The number of rotatable bonds is 27. The highest BCUT2D eigenvalue weighted by Gasteiger charge is 2.40. The molecule has 0 radical (unpaired) electrons. The molecule has 8 atom stereocenters. The van der Waals surface area contributed by atoms with Crippen molar-refractivity contribution in [2.45, 2.75) is 147 Å². The molecule has 1 aromatic carbocycles. The number of aromatic amines is 3. The Hall–Kier alpha value is -8.45. The molecule has 4 aromatic rings. The van der Waals surface area contributed by atoms with Gasteiger partial charge in [0.1, 0.15) is 42.3 Å². The highest BCUT2D eigenvalue weighted by molar-refractivity contribution is 5.98. The third-order valence-corrected chi connectivity index (χ3v) is 13.6. The molecule has 0 saturated carbocycles. The van der Waals surface area contributed by atoms with Crippen molar-refractivity contribution in [3.8, 4) is 0 Å². The maximum atomic E-state index is 14.3. The number of carbonyl (C=O) groups is 11. The normalized spacial score (nSPS) is 17.5. The number of hydrogen-bond donors (Lipinski definition) is 11. The number of carbonyl (C=O) groups excluding carboxylic acids is 10. The lowest BCUT2D eigenvalue weighted by atomic mass is 9.99. The van der Waals surface area contributed by atoms with Crippen LogP contribution in [0.4, 0.5) is 0 Å². The second kappa shape index (κ2) is 27.6. The van der Waals surface area contributed by atoms with Crippen LogP contribution in [0.25, 0.3) is 10.9 Å². The number of amides is 9. The van der Waals surface area contributed by atoms with Crippen LogP contribution in [0, 0.1) is 5.92 Å². The number of ketones is 1. The van der Waals surface area contributed by atoms with E-state index in [4.69, 9.17) is 0 Å². The van der Waals surface area contributed by atoms with Crippen LogP contribution in [-0.4, -0.2) is 173 Å². The Bertz CT molecular complexity index is 2800. The van der Waals surface area contributed by atoms with Gasteiger partial charge in [0, 0.05) is 86.6 Å². The number of H-pyrrole nitrogens is 3. The molecule has 0 unspecified atom stereocenters. The molecule has 9 amide bonds. The number of fused-ring (bicyclic) bond motifs is 1. The van der Waals surface area contributed by atoms with Gasteiger partial charge in [-0.25, -0.2) is 9.97 Å². The molecule has 6 rings (SSSR count). The SMILES string of the molecule is CC(=O)N[C@@H](Cc1cnc[nH]1)C(=O)N[C@@H](Cc1cnc[nH]1)C(=O)N[C@@H](CCC(=O)O)C(=O)N1CCC[C@H]1C(=O)NCC(=O)N[C@@H](C)C(=O)N[C@@H](Cc1c[nH]c2ccccc12)C(=O)N[C@@H](CC(C)C)C(=O)N1CCC[C@H]1C(C)=O. The number of benzene rings is 1. The van der Waals surface area contributed by atoms with E-state index in [0.717, 1.165) is 10.9 Å². The zero-order valence-electron chi connectivity index (χ0n) is 44.3. The Balaban J connectivity index is 1.09. The molecule has 2 fully saturated rings. The van der Waals surface area contributed by atoms with Crippen molar-refractivity contribution in [1.29, 1.82) is 0 Å². The van der Waals surface area contributed by atoms with Crippen molar-refractivity contribution >= 4 is 75.8 Å². The number of nitrogens with one attached hydrogen (secondary N) is 10. The standard InChI is InChI=1S/C52H70N14O12/c1-28(2)18-41(52(78)65-16-8-12-42(65)30(4)67)64-47(73)38(19-32-22-55-36-11-7-6-10-35(32)36)62-46(72)29(3)59-44(69)25-56-50(76)43-13-9-17-66(43)51(77)37(14-15-45(70)71)61-49(75)40(21-34-24-54-27-58-34)63-48(74)39(60-31(5)68)20-33-23-53-26-57-33/h6-7,10-11,22-24,26-29,37-43,55H,8-9,12-21,25H2,1-5H3,(H,53,57)(H,54,58)(H,56,76)(H,59,69)(H,60,68)(H,61,75)(H,62,72)(H,63,74)(H,64,73)(H,70,71)/t29-,37-,38-,39-,40-,41-,42-,43-/m0/s1. The van der Waals surface area contributed by atoms with E-state index in [9.17, 15) is 57.8 Å². The lowest BCUT2D eigenvalue weighted by Crippen LogP contribution is -2.59. The van der Waals surface area contributed by atoms with Crippen LogP contribution in [-0.2, 0) is 72.0 Å². The molecular formula is C52H70N14O12. The van der Waals surface area contributed by atoms with Gasteiger partial charge in [-0.2, -0.15) is 0 Å². The highest BCUT2D eigenvalue weighted by Crippen LogP contribution is 2.23. The molecular weight excluding hydrogens is 1010 g/mol. The molecule has 78 heavy (non-hydrogen) atoms. The van der Waals surface area contributed by atoms with Gasteiger partial charge < -0.3 is 67.1 Å². The summed E-state index contributed by atoms with van der Waals surface area (Å²) in [6.07, 6.45) is 8.12. The lowest BCUT2D eigenvalue weighted by molar-refractivity contribution is -0.143. The number of hydrogen-bond acceptors (Lipinski definition) is 13. The summed E-state index contributed by atoms with van der Waals surface area (Å²) in [5.74, 6) is -7.75. The van der Waals surface area contributed by atoms with Crippen LogP contribution in [0.15, 0.2) is 55.5 Å². The summed E-state index contributed by atoms with van der Waals surface area (Å²) in [4.78, 5) is 167. The highest BCUT2D eigenvalue weighted by atomic mass is 16.4. The van der Waals surface area contributed by atoms with Gasteiger partial charge >= 0.3 is 5.97 Å². The van der Waals surface area contributed by atoms with Gasteiger partial charge in [-0.1, -0.05) is 32.0 Å². The van der Waals surface area contributed by atoms with Crippen LogP contribution in [0.3, 0.4) is 0 Å². The number of nitrogens with zero attached hydrogens (tertiary/aromatic N) is 4. The van der Waals surface area contributed by atoms with E-state index >= 15 is 0 Å². The second-order valence-corrected chi connectivity index (χ2v) is 20.2. The summed E-state index contributed by atoms with van der Waals surface area (Å²) in [7, 11) is 0. The first-order valence-corrected chi connectivity index (χ1v) is 26.1. The second-order valence-electron chi connectivity index (χ2n) is 20.2. The third-order valence-electron chi connectivity index (χ3n) is 13.6. The van der Waals surface area contributed by atoms with Crippen LogP contribution in [0.2, 0.25) is 0 Å². The molecule has 26 heteroatoms. The minimum atomic E-state index is -1.49. The number of carboxylic acid groups (broad SMARTS) is 1. The minimum Gasteiger partial charge on any atom is -0.481 e. The number of aromatic nitrogens is 5. The van der Waals surface area contributed by atoms with Crippen LogP contribution >= 0.6 is 0 Å². The Kier molecular flexibility index (Phi) is 20.8. The van der Waals surface area contributed by atoms with Gasteiger partial charge in [0.05, 0.1) is 25.2 Å². The average Bonchev–Trinajstić information content (AvgIpc) is 4.33. The molecule has 420 valence electrons. The van der Waals surface area contributed by atoms with E-state index in [-0.39, 0.29) is 50.4 Å². The molecule has 3 aromatic heterocycles. The van der Waals surface area contributed by atoms with Crippen molar-refractivity contribution in [3.05, 3.63) is 72.5 Å². The van der Waals surface area contributed by atoms with Gasteiger partial charge in [0.25, 0.3) is 0 Å². The van der Waals surface area contributed by atoms with E-state index < -0.39 is 127 Å². The number of likely N-dealkylation sites (tertiary alicyclic amines) is 2. The van der Waals surface area contributed by atoms with E-state index in [1.54, 1.807) is 6.20 Å². The Labute approximate surface area is 449 Å². The molecule has 0 aliphatic carbocycles. The van der Waals surface area contributed by atoms with E-state index in [1.165, 1.54) is 55.6 Å². The van der Waals surface area contributed by atoms with E-state index in [0.29, 0.717) is 42.8 Å². The van der Waals surface area contributed by atoms with Crippen LogP contribution in [0.1, 0.15) is 96.5 Å². The van der Waals surface area contributed by atoms with Crippen molar-refractivity contribution in [2.24, 2.45) is 5.92 Å². The monoisotopic (exact) mass is 1080 g/mol. The predicted molar refractivity (Wildman–Crippen MR) is 279 cm³/mol. The molecule has 2 aliphatic heterocycles. The zero-order chi connectivity index (χ0) is 56.6. The van der Waals surface area contributed by atoms with E-state index in [2.05, 4.69) is 62.1 Å². The Morgan fingerprint density at radius 3 is 1.77 bits per heavy atom. The predicted octanol–water partition coefficient (Wildman–Crippen LogP) is -0.811. The van der Waals surface area contributed by atoms with Crippen molar-refractivity contribution in [2.75, 3.05) is 19.6 Å². The molecule has 11 N–H and O–H groups in total. The summed E-state index contributed by atoms with van der Waals surface area (Å²) in [6.45, 7) is 7.59. The maximum Gasteiger partial charge on any atom is 0.303 e. The van der Waals surface area contributed by atoms with Crippen molar-refractivity contribution in [3.63, 3.8) is 0 Å². The fourth-order valence-electron chi connectivity index (χ4n) is 9.76. The van der Waals surface area contributed by atoms with Gasteiger partial charge in [-0.05, 0) is 69.9 Å². The number of imidazole rings is 2. The quantitative estimate of drug-likeness (QED) is 0.0348. The summed E-state index contributed by atoms with van der Waals surface area (Å²) in [5.41, 5.74) is 2.41. The summed E-state index contributed by atoms with van der Waals surface area (Å²) >= 11 is 0. The number of aliphatic carboxylic acids is 1. The summed E-state index contributed by atoms with van der Waals surface area (Å²) in [6, 6.07) is -1.87. The van der Waals surface area contributed by atoms with E-state index in [1.807, 2.05) is 38.1 Å². The minimum absolute atomic E-state index is 0.00584. The van der Waals surface area contributed by atoms with Crippen molar-refractivity contribution < 1.29 is 57.8 Å². The summed E-state index contributed by atoms with van der Waals surface area (Å²) in [5, 5.41) is 28.8. The molecule has 5 heterocycles. The first-order chi connectivity index (χ1) is 37.2. The van der Waals surface area contributed by atoms with Gasteiger partial charge in [0.2, 0.25) is 53.2 Å². The number of carboxylic acids is 1. The van der Waals surface area contributed by atoms with Crippen LogP contribution < -0.4 is 37.2 Å². The smallest absolute Gasteiger partial charge is 0.303 e. The van der Waals surface area contributed by atoms with Gasteiger partial charge in [-0.15, -0.1) is 0 Å². The third kappa shape index (κ3) is 16.3. The Morgan fingerprint density at radius 1 is 0.654 bits per heavy atom. The topological polar surface area (TPSA) is 372 Å². The van der Waals surface area contributed by atoms with Gasteiger partial charge in [0.15, 0.2) is 5.78 Å². The Morgan fingerprint density at radius 2 is 1.19 bits per heavy atom. The average molecular weight is 1080 g/mol. The molecule has 2 saturated heterocycles. The van der Waals surface area contributed by atoms with Crippen LogP contribution in [0.5, 0.6) is 0 Å². The molecule has 26 nitrogen and oxygen atoms in total. The first kappa shape index (κ1) is 58.8. The van der Waals surface area contributed by atoms with Gasteiger partial charge in [-0.3, -0.25) is 52.7 Å². The maximum absolute atomic E-state index is 14.3. The molecule has 0 spiro atoms. The lowest BCUT2D eigenvalue weighted by Gasteiger charge is -2.30. The first-order valence-electron chi connectivity index (χ1n) is 26.1. The fourth-order valence-corrected chi connectivity index (χ4v) is 9.76. The zero-order valence-corrected chi connectivity index (χ0v) is 44.3. The molecule has 0 bridgehead atoms. The number of para-hydroxylation sites is 1. The largest absolute Gasteiger partial charge is 0.481 e. The number of Topliss-reactive ketones (excluding diaryl/α,β-unsaturated/α-hetero) is 1. The van der Waals surface area contributed by atoms with Crippen molar-refractivity contribution in [1.82, 2.24) is 71.9 Å².